The van der Waals surface area contributed by atoms with Crippen LogP contribution >= 0.6 is 24.0 Å². The monoisotopic (exact) mass is 474 g/mol. The van der Waals surface area contributed by atoms with Gasteiger partial charge in [0, 0.05) is 32.7 Å². The number of halogens is 1. The maximum atomic E-state index is 5.50. The lowest BCUT2D eigenvalue weighted by Gasteiger charge is -2.21. The summed E-state index contributed by atoms with van der Waals surface area (Å²) in [5.74, 6) is 3.19. The van der Waals surface area contributed by atoms with Gasteiger partial charge in [0.05, 0.1) is 12.8 Å². The van der Waals surface area contributed by atoms with Gasteiger partial charge in [-0.3, -0.25) is 4.99 Å². The molecule has 1 aliphatic heterocycles. The van der Waals surface area contributed by atoms with E-state index in [0.29, 0.717) is 11.8 Å². The van der Waals surface area contributed by atoms with Gasteiger partial charge in [-0.2, -0.15) is 0 Å². The van der Waals surface area contributed by atoms with E-state index in [1.54, 1.807) is 7.11 Å². The summed E-state index contributed by atoms with van der Waals surface area (Å²) in [5.41, 5.74) is 1.19. The molecule has 0 bridgehead atoms. The number of hydrogen-bond donors (Lipinski definition) is 2. The van der Waals surface area contributed by atoms with Gasteiger partial charge in [0.2, 0.25) is 0 Å². The average Bonchev–Trinajstić information content (AvgIpc) is 3.08. The molecule has 1 fully saturated rings. The van der Waals surface area contributed by atoms with E-state index in [1.165, 1.54) is 12.1 Å². The molecule has 1 aromatic rings. The molecule has 1 saturated heterocycles. The van der Waals surface area contributed by atoms with Crippen molar-refractivity contribution in [2.45, 2.75) is 33.6 Å². The van der Waals surface area contributed by atoms with E-state index in [4.69, 9.17) is 9.73 Å². The Morgan fingerprint density at radius 2 is 2.08 bits per heavy atom. The minimum absolute atomic E-state index is 0. The number of rotatable bonds is 8. The Balaban J connectivity index is 0.00000338. The Bertz CT molecular complexity index is 550. The summed E-state index contributed by atoms with van der Waals surface area (Å²) in [6, 6.07) is 8.27. The highest BCUT2D eigenvalue weighted by molar-refractivity contribution is 14.0. The molecule has 0 aliphatic carbocycles. The maximum absolute atomic E-state index is 5.50. The van der Waals surface area contributed by atoms with Crippen LogP contribution < -0.4 is 20.3 Å². The zero-order valence-electron chi connectivity index (χ0n) is 16.6. The van der Waals surface area contributed by atoms with Crippen LogP contribution in [-0.2, 0) is 0 Å². The first-order chi connectivity index (χ1) is 12.1. The smallest absolute Gasteiger partial charge is 0.191 e. The number of nitrogens with zero attached hydrogens (tertiary/aromatic N) is 2. The topological polar surface area (TPSA) is 48.9 Å². The first-order valence-electron chi connectivity index (χ1n) is 9.54. The van der Waals surface area contributed by atoms with Crippen LogP contribution in [0.25, 0.3) is 0 Å². The lowest BCUT2D eigenvalue weighted by atomic mass is 10.1. The van der Waals surface area contributed by atoms with Crippen LogP contribution in [0.15, 0.2) is 29.3 Å². The van der Waals surface area contributed by atoms with Gasteiger partial charge in [0.25, 0.3) is 0 Å². The molecule has 6 heteroatoms. The van der Waals surface area contributed by atoms with E-state index in [0.717, 1.165) is 50.9 Å². The normalized spacial score (nSPS) is 17.2. The fourth-order valence-electron chi connectivity index (χ4n) is 3.13. The summed E-state index contributed by atoms with van der Waals surface area (Å²) in [7, 11) is 1.74. The van der Waals surface area contributed by atoms with E-state index >= 15 is 0 Å². The molecule has 26 heavy (non-hydrogen) atoms. The van der Waals surface area contributed by atoms with Crippen LogP contribution in [0.1, 0.15) is 33.6 Å². The Morgan fingerprint density at radius 1 is 1.31 bits per heavy atom. The Kier molecular flexibility index (Phi) is 10.8. The van der Waals surface area contributed by atoms with Gasteiger partial charge in [-0.15, -0.1) is 24.0 Å². The summed E-state index contributed by atoms with van der Waals surface area (Å²) < 4.78 is 5.50. The van der Waals surface area contributed by atoms with Crippen molar-refractivity contribution < 1.29 is 4.74 Å². The summed E-state index contributed by atoms with van der Waals surface area (Å²) in [6.07, 6.45) is 2.34. The molecule has 1 atom stereocenters. The molecule has 0 amide bonds. The molecule has 148 valence electrons. The number of hydrogen-bond acceptors (Lipinski definition) is 3. The minimum atomic E-state index is 0. The standard InChI is InChI=1S/C20H34N4O.HI/c1-5-21-20(22-12-10-16(2)3)23-14-17-11-13-24(15-17)18-8-6-7-9-19(18)25-4;/h6-9,16-17H,5,10-15H2,1-4H3,(H2,21,22,23);1H. The molecular formula is C20H35IN4O. The minimum Gasteiger partial charge on any atom is -0.495 e. The maximum Gasteiger partial charge on any atom is 0.191 e. The van der Waals surface area contributed by atoms with Gasteiger partial charge >= 0.3 is 0 Å². The third-order valence-corrected chi connectivity index (χ3v) is 4.58. The fraction of sp³-hybridized carbons (Fsp3) is 0.650. The first kappa shape index (κ1) is 22.9. The van der Waals surface area contributed by atoms with Crippen molar-refractivity contribution in [3.8, 4) is 5.75 Å². The number of anilines is 1. The van der Waals surface area contributed by atoms with Crippen molar-refractivity contribution in [3.05, 3.63) is 24.3 Å². The molecule has 0 radical (unpaired) electrons. The number of aliphatic imine (C=N–C) groups is 1. The van der Waals surface area contributed by atoms with Crippen LogP contribution in [-0.4, -0.2) is 45.8 Å². The van der Waals surface area contributed by atoms with Crippen molar-refractivity contribution in [2.75, 3.05) is 44.7 Å². The molecule has 0 spiro atoms. The summed E-state index contributed by atoms with van der Waals surface area (Å²) >= 11 is 0. The SMILES string of the molecule is CCNC(=NCC1CCN(c2ccccc2OC)C1)NCCC(C)C.I. The fourth-order valence-corrected chi connectivity index (χ4v) is 3.13. The van der Waals surface area contributed by atoms with Crippen LogP contribution in [0, 0.1) is 11.8 Å². The Labute approximate surface area is 176 Å². The number of nitrogens with one attached hydrogen (secondary N) is 2. The molecule has 5 nitrogen and oxygen atoms in total. The van der Waals surface area contributed by atoms with Crippen LogP contribution in [0.3, 0.4) is 0 Å². The Morgan fingerprint density at radius 3 is 2.77 bits per heavy atom. The molecule has 1 aliphatic rings. The predicted octanol–water partition coefficient (Wildman–Crippen LogP) is 3.74. The van der Waals surface area contributed by atoms with Gasteiger partial charge in [-0.05, 0) is 43.7 Å². The molecule has 2 rings (SSSR count). The van der Waals surface area contributed by atoms with Crippen molar-refractivity contribution in [2.24, 2.45) is 16.8 Å². The number of benzene rings is 1. The highest BCUT2D eigenvalue weighted by atomic mass is 127. The third kappa shape index (κ3) is 7.21. The summed E-state index contributed by atoms with van der Waals surface area (Å²) in [5, 5.41) is 6.79. The van der Waals surface area contributed by atoms with Crippen LogP contribution in [0.4, 0.5) is 5.69 Å². The first-order valence-corrected chi connectivity index (χ1v) is 9.54. The molecule has 1 aromatic carbocycles. The lowest BCUT2D eigenvalue weighted by Crippen LogP contribution is -2.38. The van der Waals surface area contributed by atoms with Gasteiger partial charge in [0.15, 0.2) is 5.96 Å². The largest absolute Gasteiger partial charge is 0.495 e. The predicted molar refractivity (Wildman–Crippen MR) is 122 cm³/mol. The van der Waals surface area contributed by atoms with Crippen LogP contribution in [0.2, 0.25) is 0 Å². The third-order valence-electron chi connectivity index (χ3n) is 4.58. The lowest BCUT2D eigenvalue weighted by molar-refractivity contribution is 0.414. The molecular weight excluding hydrogens is 439 g/mol. The highest BCUT2D eigenvalue weighted by Gasteiger charge is 2.24. The molecule has 2 N–H and O–H groups in total. The van der Waals surface area contributed by atoms with Crippen LogP contribution in [0.5, 0.6) is 5.75 Å². The molecule has 1 unspecified atom stereocenters. The number of ether oxygens (including phenoxy) is 1. The van der Waals surface area contributed by atoms with Crippen molar-refractivity contribution in [1.29, 1.82) is 0 Å². The second-order valence-corrected chi connectivity index (χ2v) is 7.10. The zero-order valence-corrected chi connectivity index (χ0v) is 19.0. The number of guanidine groups is 1. The van der Waals surface area contributed by atoms with E-state index in [-0.39, 0.29) is 24.0 Å². The van der Waals surface area contributed by atoms with E-state index in [1.807, 2.05) is 12.1 Å². The second-order valence-electron chi connectivity index (χ2n) is 7.10. The van der Waals surface area contributed by atoms with Crippen molar-refractivity contribution >= 4 is 35.6 Å². The quantitative estimate of drug-likeness (QED) is 0.343. The van der Waals surface area contributed by atoms with E-state index < -0.39 is 0 Å². The van der Waals surface area contributed by atoms with Gasteiger partial charge in [-0.1, -0.05) is 26.0 Å². The van der Waals surface area contributed by atoms with E-state index in [9.17, 15) is 0 Å². The second kappa shape index (κ2) is 12.3. The van der Waals surface area contributed by atoms with Crippen molar-refractivity contribution in [3.63, 3.8) is 0 Å². The van der Waals surface area contributed by atoms with E-state index in [2.05, 4.69) is 48.4 Å². The number of methoxy groups -OCH3 is 1. The molecule has 1 heterocycles. The van der Waals surface area contributed by atoms with Crippen molar-refractivity contribution in [1.82, 2.24) is 10.6 Å². The average molecular weight is 474 g/mol. The summed E-state index contributed by atoms with van der Waals surface area (Å²) in [4.78, 5) is 7.21. The molecule has 0 aromatic heterocycles. The number of para-hydroxylation sites is 2. The van der Waals surface area contributed by atoms with Gasteiger partial charge < -0.3 is 20.3 Å². The zero-order chi connectivity index (χ0) is 18.1. The molecule has 0 saturated carbocycles. The van der Waals surface area contributed by atoms with Gasteiger partial charge in [-0.25, -0.2) is 0 Å². The highest BCUT2D eigenvalue weighted by Crippen LogP contribution is 2.31. The van der Waals surface area contributed by atoms with Gasteiger partial charge in [0.1, 0.15) is 5.75 Å². The summed E-state index contributed by atoms with van der Waals surface area (Å²) in [6.45, 7) is 11.4. The Hall–Kier alpha value is -1.18.